The molecule has 0 bridgehead atoms. The molecule has 3 amide bonds. The number of aromatic nitrogens is 2. The van der Waals surface area contributed by atoms with Crippen molar-refractivity contribution in [1.82, 2.24) is 24.9 Å². The van der Waals surface area contributed by atoms with E-state index in [1.165, 1.54) is 0 Å². The number of anilines is 1. The number of carbonyl (C=O) groups is 3. The Morgan fingerprint density at radius 2 is 1.68 bits per heavy atom. The zero-order valence-corrected chi connectivity index (χ0v) is 32.2. The summed E-state index contributed by atoms with van der Waals surface area (Å²) < 4.78 is 18.1. The number of hydrogen-bond acceptors (Lipinski definition) is 8. The minimum Gasteiger partial charge on any atom is -0.493 e. The second kappa shape index (κ2) is 16.1. The van der Waals surface area contributed by atoms with Crippen LogP contribution in [-0.4, -0.2) is 106 Å². The van der Waals surface area contributed by atoms with Gasteiger partial charge in [0.15, 0.2) is 5.60 Å². The van der Waals surface area contributed by atoms with E-state index in [9.17, 15) is 14.4 Å². The minimum absolute atomic E-state index is 0.128. The highest BCUT2D eigenvalue weighted by Gasteiger charge is 2.39. The number of benzene rings is 2. The molecule has 2 aliphatic heterocycles. The molecule has 286 valence electrons. The lowest BCUT2D eigenvalue weighted by atomic mass is 9.95. The van der Waals surface area contributed by atoms with Gasteiger partial charge in [0.1, 0.15) is 17.1 Å². The number of rotatable bonds is 12. The van der Waals surface area contributed by atoms with Gasteiger partial charge in [-0.15, -0.1) is 0 Å². The van der Waals surface area contributed by atoms with E-state index in [0.29, 0.717) is 51.6 Å². The van der Waals surface area contributed by atoms with Gasteiger partial charge >= 0.3 is 6.09 Å². The molecule has 3 aliphatic rings. The maximum Gasteiger partial charge on any atom is 0.410 e. The van der Waals surface area contributed by atoms with Gasteiger partial charge in [-0.1, -0.05) is 25.1 Å². The SMILES string of the molecule is CCCOc1cc(-c2cn[nH]c2)ccc1CN(C(=O)[C@@H]1CCCN(c2cccc(OC(C)(C)C(=O)N3CCN(C(=O)OC(C)(C)C)CC3)c2)C1)C1CC1. The fraction of sp³-hybridized carbons (Fsp3) is 0.561. The minimum atomic E-state index is -1.12. The Hall–Kier alpha value is -4.74. The number of ether oxygens (including phenoxy) is 3. The Morgan fingerprint density at radius 3 is 2.36 bits per heavy atom. The molecule has 3 aromatic rings. The number of H-pyrrole nitrogens is 1. The smallest absolute Gasteiger partial charge is 0.410 e. The van der Waals surface area contributed by atoms with Crippen molar-refractivity contribution in [2.45, 2.75) is 97.4 Å². The molecule has 6 rings (SSSR count). The van der Waals surface area contributed by atoms with Crippen molar-refractivity contribution < 1.29 is 28.6 Å². The van der Waals surface area contributed by atoms with Gasteiger partial charge in [0.05, 0.1) is 18.7 Å². The molecule has 12 nitrogen and oxygen atoms in total. The quantitative estimate of drug-likeness (QED) is 0.224. The van der Waals surface area contributed by atoms with Crippen LogP contribution >= 0.6 is 0 Å². The Morgan fingerprint density at radius 1 is 0.925 bits per heavy atom. The zero-order chi connectivity index (χ0) is 37.8. The molecular formula is C41H56N6O6. The number of piperazine rings is 1. The summed E-state index contributed by atoms with van der Waals surface area (Å²) in [5.41, 5.74) is 2.32. The molecule has 1 saturated carbocycles. The first kappa shape index (κ1) is 38.0. The van der Waals surface area contributed by atoms with E-state index in [4.69, 9.17) is 14.2 Å². The third-order valence-corrected chi connectivity index (χ3v) is 10.0. The summed E-state index contributed by atoms with van der Waals surface area (Å²) in [4.78, 5) is 48.2. The van der Waals surface area contributed by atoms with Gasteiger partial charge in [-0.3, -0.25) is 14.7 Å². The lowest BCUT2D eigenvalue weighted by Gasteiger charge is -2.39. The maximum atomic E-state index is 14.3. The van der Waals surface area contributed by atoms with E-state index < -0.39 is 11.2 Å². The molecular weight excluding hydrogens is 672 g/mol. The molecule has 0 spiro atoms. The van der Waals surface area contributed by atoms with Crippen molar-refractivity contribution in [3.8, 4) is 22.6 Å². The largest absolute Gasteiger partial charge is 0.493 e. The summed E-state index contributed by atoms with van der Waals surface area (Å²) >= 11 is 0. The van der Waals surface area contributed by atoms with Gasteiger partial charge in [-0.2, -0.15) is 5.10 Å². The van der Waals surface area contributed by atoms with Crippen LogP contribution in [-0.2, 0) is 20.9 Å². The van der Waals surface area contributed by atoms with Gasteiger partial charge < -0.3 is 33.8 Å². The third kappa shape index (κ3) is 9.63. The summed E-state index contributed by atoms with van der Waals surface area (Å²) in [5.74, 6) is 1.35. The van der Waals surface area contributed by atoms with Crippen LogP contribution < -0.4 is 14.4 Å². The average molecular weight is 729 g/mol. The van der Waals surface area contributed by atoms with E-state index in [0.717, 1.165) is 66.8 Å². The summed E-state index contributed by atoms with van der Waals surface area (Å²) in [6.45, 7) is 15.4. The highest BCUT2D eigenvalue weighted by atomic mass is 16.6. The highest BCUT2D eigenvalue weighted by Crippen LogP contribution is 2.36. The number of nitrogens with zero attached hydrogens (tertiary/aromatic N) is 5. The van der Waals surface area contributed by atoms with E-state index in [1.54, 1.807) is 29.8 Å². The molecule has 3 heterocycles. The summed E-state index contributed by atoms with van der Waals surface area (Å²) in [6.07, 6.45) is 8.00. The fourth-order valence-corrected chi connectivity index (χ4v) is 7.11. The lowest BCUT2D eigenvalue weighted by molar-refractivity contribution is -0.147. The van der Waals surface area contributed by atoms with Gasteiger partial charge in [-0.25, -0.2) is 4.79 Å². The van der Waals surface area contributed by atoms with Crippen LogP contribution in [0.2, 0.25) is 0 Å². The Labute approximate surface area is 313 Å². The molecule has 3 fully saturated rings. The summed E-state index contributed by atoms with van der Waals surface area (Å²) in [5, 5.41) is 6.98. The number of amides is 3. The predicted octanol–water partition coefficient (Wildman–Crippen LogP) is 6.51. The summed E-state index contributed by atoms with van der Waals surface area (Å²) in [6, 6.07) is 14.3. The highest BCUT2D eigenvalue weighted by molar-refractivity contribution is 5.85. The third-order valence-electron chi connectivity index (χ3n) is 10.0. The number of carbonyl (C=O) groups excluding carboxylic acids is 3. The van der Waals surface area contributed by atoms with Crippen molar-refractivity contribution in [2.24, 2.45) is 5.92 Å². The Kier molecular flexibility index (Phi) is 11.5. The van der Waals surface area contributed by atoms with Crippen LogP contribution in [0.5, 0.6) is 11.5 Å². The second-order valence-electron chi connectivity index (χ2n) is 16.0. The van der Waals surface area contributed by atoms with Gasteiger partial charge in [0, 0.05) is 80.9 Å². The van der Waals surface area contributed by atoms with Crippen LogP contribution in [0.25, 0.3) is 11.1 Å². The first-order valence-corrected chi connectivity index (χ1v) is 19.2. The monoisotopic (exact) mass is 728 g/mol. The number of piperidine rings is 1. The van der Waals surface area contributed by atoms with Crippen LogP contribution in [0.15, 0.2) is 54.9 Å². The van der Waals surface area contributed by atoms with Gasteiger partial charge in [-0.05, 0) is 90.5 Å². The topological polar surface area (TPSA) is 121 Å². The van der Waals surface area contributed by atoms with Crippen molar-refractivity contribution in [2.75, 3.05) is 50.8 Å². The van der Waals surface area contributed by atoms with Crippen molar-refractivity contribution in [3.63, 3.8) is 0 Å². The molecule has 0 unspecified atom stereocenters. The van der Waals surface area contributed by atoms with Crippen LogP contribution in [0.1, 0.15) is 79.2 Å². The molecule has 1 aromatic heterocycles. The maximum absolute atomic E-state index is 14.3. The fourth-order valence-electron chi connectivity index (χ4n) is 7.11. The van der Waals surface area contributed by atoms with E-state index in [-0.39, 0.29) is 29.9 Å². The van der Waals surface area contributed by atoms with Crippen LogP contribution in [0.3, 0.4) is 0 Å². The molecule has 1 aliphatic carbocycles. The van der Waals surface area contributed by atoms with Crippen molar-refractivity contribution in [3.05, 3.63) is 60.4 Å². The summed E-state index contributed by atoms with van der Waals surface area (Å²) in [7, 11) is 0. The number of aromatic amines is 1. The van der Waals surface area contributed by atoms with Gasteiger partial charge in [0.25, 0.3) is 5.91 Å². The van der Waals surface area contributed by atoms with Crippen molar-refractivity contribution >= 4 is 23.6 Å². The molecule has 2 saturated heterocycles. The number of hydrogen-bond donors (Lipinski definition) is 1. The second-order valence-corrected chi connectivity index (χ2v) is 16.0. The van der Waals surface area contributed by atoms with E-state index >= 15 is 0 Å². The normalized spacial score (nSPS) is 18.1. The average Bonchev–Trinajstić information content (AvgIpc) is 3.83. The molecule has 53 heavy (non-hydrogen) atoms. The lowest BCUT2D eigenvalue weighted by Crippen LogP contribution is -2.57. The number of nitrogens with one attached hydrogen (secondary N) is 1. The van der Waals surface area contributed by atoms with E-state index in [1.807, 2.05) is 51.2 Å². The molecule has 1 atom stereocenters. The first-order chi connectivity index (χ1) is 25.3. The Bertz CT molecular complexity index is 1720. The predicted molar refractivity (Wildman–Crippen MR) is 204 cm³/mol. The van der Waals surface area contributed by atoms with Crippen molar-refractivity contribution in [1.29, 1.82) is 0 Å². The molecule has 1 N–H and O–H groups in total. The van der Waals surface area contributed by atoms with Crippen LogP contribution in [0, 0.1) is 5.92 Å². The molecule has 2 aromatic carbocycles. The molecule has 12 heteroatoms. The van der Waals surface area contributed by atoms with Gasteiger partial charge in [0.2, 0.25) is 5.91 Å². The standard InChI is InChI=1S/C41H56N6O6/c1-7-22-51-36-23-29(32-25-42-43-26-32)13-14-30(36)28-47(33-15-16-33)37(48)31-10-9-17-46(27-31)34-11-8-12-35(24-34)52-41(5,6)38(49)44-18-20-45(21-19-44)39(50)53-40(2,3)4/h8,11-14,23-26,31,33H,7,9-10,15-22,27-28H2,1-6H3,(H,42,43)/t31-/m1/s1. The van der Waals surface area contributed by atoms with Crippen LogP contribution in [0.4, 0.5) is 10.5 Å². The molecule has 0 radical (unpaired) electrons. The van der Waals surface area contributed by atoms with E-state index in [2.05, 4.69) is 45.1 Å². The zero-order valence-electron chi connectivity index (χ0n) is 32.2. The Balaban J connectivity index is 1.08. The first-order valence-electron chi connectivity index (χ1n) is 19.2.